The van der Waals surface area contributed by atoms with Crippen molar-refractivity contribution in [3.63, 3.8) is 0 Å². The van der Waals surface area contributed by atoms with E-state index in [-0.39, 0.29) is 6.04 Å². The molecule has 1 aromatic carbocycles. The lowest BCUT2D eigenvalue weighted by Crippen LogP contribution is -2.34. The SMILES string of the molecule is CCC1CCC(N)C(c2ccc(Cl)c(Cl)c2)C1. The fraction of sp³-hybridized carbons (Fsp3) is 0.571. The molecule has 1 saturated carbocycles. The van der Waals surface area contributed by atoms with Crippen molar-refractivity contribution in [1.29, 1.82) is 0 Å². The second-order valence-electron chi connectivity index (χ2n) is 5.03. The lowest BCUT2D eigenvalue weighted by atomic mass is 9.74. The molecule has 2 rings (SSSR count). The van der Waals surface area contributed by atoms with Gasteiger partial charge in [-0.2, -0.15) is 0 Å². The summed E-state index contributed by atoms with van der Waals surface area (Å²) in [5.74, 6) is 1.23. The van der Waals surface area contributed by atoms with Gasteiger partial charge in [-0.1, -0.05) is 42.6 Å². The van der Waals surface area contributed by atoms with Gasteiger partial charge in [0.1, 0.15) is 0 Å². The standard InChI is InChI=1S/C14H19Cl2N/c1-2-9-3-6-14(17)11(7-9)10-4-5-12(15)13(16)8-10/h4-5,8-9,11,14H,2-3,6-7,17H2,1H3. The number of benzene rings is 1. The molecular weight excluding hydrogens is 253 g/mol. The van der Waals surface area contributed by atoms with Crippen LogP contribution >= 0.6 is 23.2 Å². The normalized spacial score (nSPS) is 29.3. The highest BCUT2D eigenvalue weighted by atomic mass is 35.5. The predicted octanol–water partition coefficient (Wildman–Crippen LogP) is 4.61. The second-order valence-corrected chi connectivity index (χ2v) is 5.85. The van der Waals surface area contributed by atoms with E-state index in [2.05, 4.69) is 13.0 Å². The van der Waals surface area contributed by atoms with Gasteiger partial charge in [-0.05, 0) is 48.8 Å². The molecule has 3 heteroatoms. The minimum atomic E-state index is 0.259. The Morgan fingerprint density at radius 2 is 2.00 bits per heavy atom. The summed E-state index contributed by atoms with van der Waals surface area (Å²) in [4.78, 5) is 0. The highest BCUT2D eigenvalue weighted by molar-refractivity contribution is 6.42. The summed E-state index contributed by atoms with van der Waals surface area (Å²) in [5.41, 5.74) is 7.48. The lowest BCUT2D eigenvalue weighted by molar-refractivity contribution is 0.282. The number of nitrogens with two attached hydrogens (primary N) is 1. The van der Waals surface area contributed by atoms with Crippen molar-refractivity contribution < 1.29 is 0 Å². The number of hydrogen-bond acceptors (Lipinski definition) is 1. The van der Waals surface area contributed by atoms with Gasteiger partial charge in [0.2, 0.25) is 0 Å². The summed E-state index contributed by atoms with van der Waals surface area (Å²) in [6.07, 6.45) is 4.79. The first-order chi connectivity index (χ1) is 8.11. The van der Waals surface area contributed by atoms with Crippen molar-refractivity contribution in [3.8, 4) is 0 Å². The molecule has 3 atom stereocenters. The van der Waals surface area contributed by atoms with Crippen LogP contribution in [0, 0.1) is 5.92 Å². The Hall–Kier alpha value is -0.240. The van der Waals surface area contributed by atoms with E-state index >= 15 is 0 Å². The molecule has 2 N–H and O–H groups in total. The van der Waals surface area contributed by atoms with E-state index < -0.39 is 0 Å². The molecule has 0 amide bonds. The van der Waals surface area contributed by atoms with Crippen molar-refractivity contribution in [2.75, 3.05) is 0 Å². The zero-order chi connectivity index (χ0) is 12.4. The topological polar surface area (TPSA) is 26.0 Å². The van der Waals surface area contributed by atoms with Gasteiger partial charge in [0.05, 0.1) is 10.0 Å². The minimum Gasteiger partial charge on any atom is -0.327 e. The minimum absolute atomic E-state index is 0.259. The van der Waals surface area contributed by atoms with Gasteiger partial charge in [-0.15, -0.1) is 0 Å². The summed E-state index contributed by atoms with van der Waals surface area (Å²) in [5, 5.41) is 1.25. The lowest BCUT2D eigenvalue weighted by Gasteiger charge is -2.34. The molecule has 1 fully saturated rings. The molecule has 1 aliphatic carbocycles. The highest BCUT2D eigenvalue weighted by Crippen LogP contribution is 2.38. The maximum Gasteiger partial charge on any atom is 0.0595 e. The Balaban J connectivity index is 2.21. The van der Waals surface area contributed by atoms with Gasteiger partial charge >= 0.3 is 0 Å². The average Bonchev–Trinajstić information content (AvgIpc) is 2.33. The summed E-state index contributed by atoms with van der Waals surface area (Å²) < 4.78 is 0. The zero-order valence-corrected chi connectivity index (χ0v) is 11.6. The third-order valence-corrected chi connectivity index (χ3v) is 4.70. The molecule has 17 heavy (non-hydrogen) atoms. The van der Waals surface area contributed by atoms with Gasteiger partial charge in [-0.3, -0.25) is 0 Å². The van der Waals surface area contributed by atoms with E-state index in [0.29, 0.717) is 16.0 Å². The molecule has 0 spiro atoms. The van der Waals surface area contributed by atoms with Crippen molar-refractivity contribution in [1.82, 2.24) is 0 Å². The van der Waals surface area contributed by atoms with Crippen LogP contribution in [0.1, 0.15) is 44.1 Å². The second kappa shape index (κ2) is 5.60. The fourth-order valence-electron chi connectivity index (χ4n) is 2.78. The summed E-state index contributed by atoms with van der Waals surface area (Å²) in [6, 6.07) is 6.18. The first-order valence-electron chi connectivity index (χ1n) is 6.32. The summed E-state index contributed by atoms with van der Waals surface area (Å²) >= 11 is 12.0. The number of rotatable bonds is 2. The first kappa shape index (κ1) is 13.2. The van der Waals surface area contributed by atoms with E-state index in [1.165, 1.54) is 24.8 Å². The van der Waals surface area contributed by atoms with E-state index in [4.69, 9.17) is 28.9 Å². The molecule has 94 valence electrons. The van der Waals surface area contributed by atoms with E-state index in [0.717, 1.165) is 12.3 Å². The Kier molecular flexibility index (Phi) is 4.35. The predicted molar refractivity (Wildman–Crippen MR) is 74.8 cm³/mol. The molecule has 0 aliphatic heterocycles. The fourth-order valence-corrected chi connectivity index (χ4v) is 3.08. The van der Waals surface area contributed by atoms with E-state index in [1.807, 2.05) is 12.1 Å². The van der Waals surface area contributed by atoms with Gasteiger partial charge in [0, 0.05) is 6.04 Å². The van der Waals surface area contributed by atoms with Gasteiger partial charge in [0.15, 0.2) is 0 Å². The summed E-state index contributed by atoms with van der Waals surface area (Å²) in [6.45, 7) is 2.26. The van der Waals surface area contributed by atoms with Crippen molar-refractivity contribution >= 4 is 23.2 Å². The van der Waals surface area contributed by atoms with Crippen LogP contribution in [-0.4, -0.2) is 6.04 Å². The van der Waals surface area contributed by atoms with Crippen LogP contribution in [0.3, 0.4) is 0 Å². The Morgan fingerprint density at radius 3 is 2.65 bits per heavy atom. The third-order valence-electron chi connectivity index (χ3n) is 3.96. The average molecular weight is 272 g/mol. The largest absolute Gasteiger partial charge is 0.327 e. The van der Waals surface area contributed by atoms with Gasteiger partial charge < -0.3 is 5.73 Å². The molecule has 0 radical (unpaired) electrons. The van der Waals surface area contributed by atoms with Crippen LogP contribution in [-0.2, 0) is 0 Å². The molecular formula is C14H19Cl2N. The third kappa shape index (κ3) is 2.96. The van der Waals surface area contributed by atoms with E-state index in [9.17, 15) is 0 Å². The van der Waals surface area contributed by atoms with E-state index in [1.54, 1.807) is 0 Å². The van der Waals surface area contributed by atoms with Crippen molar-refractivity contribution in [2.24, 2.45) is 11.7 Å². The van der Waals surface area contributed by atoms with Crippen LogP contribution in [0.5, 0.6) is 0 Å². The molecule has 0 bridgehead atoms. The van der Waals surface area contributed by atoms with Crippen LogP contribution in [0.25, 0.3) is 0 Å². The molecule has 0 saturated heterocycles. The summed E-state index contributed by atoms with van der Waals surface area (Å²) in [7, 11) is 0. The van der Waals surface area contributed by atoms with Gasteiger partial charge in [0.25, 0.3) is 0 Å². The number of hydrogen-bond donors (Lipinski definition) is 1. The zero-order valence-electron chi connectivity index (χ0n) is 10.1. The van der Waals surface area contributed by atoms with Crippen LogP contribution in [0.15, 0.2) is 18.2 Å². The van der Waals surface area contributed by atoms with Crippen LogP contribution in [0.4, 0.5) is 0 Å². The number of halogens is 2. The van der Waals surface area contributed by atoms with Crippen molar-refractivity contribution in [2.45, 2.75) is 44.6 Å². The molecule has 0 aromatic heterocycles. The van der Waals surface area contributed by atoms with Gasteiger partial charge in [-0.25, -0.2) is 0 Å². The monoisotopic (exact) mass is 271 g/mol. The molecule has 1 nitrogen and oxygen atoms in total. The smallest absolute Gasteiger partial charge is 0.0595 e. The van der Waals surface area contributed by atoms with Crippen LogP contribution in [0.2, 0.25) is 10.0 Å². The van der Waals surface area contributed by atoms with Crippen LogP contribution < -0.4 is 5.73 Å². The van der Waals surface area contributed by atoms with Crippen molar-refractivity contribution in [3.05, 3.63) is 33.8 Å². The quantitative estimate of drug-likeness (QED) is 0.835. The Morgan fingerprint density at radius 1 is 1.24 bits per heavy atom. The highest BCUT2D eigenvalue weighted by Gasteiger charge is 2.28. The molecule has 1 aromatic rings. The molecule has 3 unspecified atom stereocenters. The maximum atomic E-state index is 6.24. The maximum absolute atomic E-state index is 6.24. The first-order valence-corrected chi connectivity index (χ1v) is 7.08. The Labute approximate surface area is 113 Å². The molecule has 0 heterocycles. The Bertz CT molecular complexity index is 392. The molecule has 1 aliphatic rings.